The van der Waals surface area contributed by atoms with Gasteiger partial charge in [0.25, 0.3) is 0 Å². The van der Waals surface area contributed by atoms with Gasteiger partial charge in [-0.15, -0.1) is 0 Å². The van der Waals surface area contributed by atoms with Crippen molar-refractivity contribution in [3.05, 3.63) is 41.4 Å². The van der Waals surface area contributed by atoms with Gasteiger partial charge in [-0.2, -0.15) is 0 Å². The molecule has 6 N–H and O–H groups in total. The molecule has 0 saturated carbocycles. The van der Waals surface area contributed by atoms with Gasteiger partial charge in [0.05, 0.1) is 23.4 Å². The average molecular weight is 597 g/mol. The lowest BCUT2D eigenvalue weighted by Crippen LogP contribution is -2.64. The number of nitrogens with one attached hydrogen (secondary N) is 1. The van der Waals surface area contributed by atoms with Gasteiger partial charge < -0.3 is 31.3 Å². The molecule has 1 heterocycles. The van der Waals surface area contributed by atoms with E-state index < -0.39 is 24.1 Å². The summed E-state index contributed by atoms with van der Waals surface area (Å²) < 4.78 is 0. The number of aliphatic hydroxyl groups is 1. The van der Waals surface area contributed by atoms with E-state index in [2.05, 4.69) is 39.9 Å². The van der Waals surface area contributed by atoms with Crippen molar-refractivity contribution in [1.29, 1.82) is 0 Å². The second-order valence-corrected chi connectivity index (χ2v) is 12.4. The van der Waals surface area contributed by atoms with Crippen LogP contribution < -0.4 is 16.0 Å². The van der Waals surface area contributed by atoms with Crippen molar-refractivity contribution in [2.24, 2.45) is 17.1 Å². The van der Waals surface area contributed by atoms with E-state index in [9.17, 15) is 24.3 Å². The van der Waals surface area contributed by atoms with Gasteiger partial charge >= 0.3 is 11.9 Å². The van der Waals surface area contributed by atoms with E-state index in [1.807, 2.05) is 30.0 Å². The van der Waals surface area contributed by atoms with Crippen molar-refractivity contribution >= 4 is 41.0 Å². The van der Waals surface area contributed by atoms with E-state index in [4.69, 9.17) is 27.5 Å². The molecule has 41 heavy (non-hydrogen) atoms. The third-order valence-electron chi connectivity index (χ3n) is 6.65. The summed E-state index contributed by atoms with van der Waals surface area (Å²) in [5, 5.41) is 29.9. The number of benzene rings is 1. The number of hydrogen-bond donors (Lipinski definition) is 5. The van der Waals surface area contributed by atoms with Crippen LogP contribution >= 0.6 is 11.6 Å². The number of anilines is 1. The third kappa shape index (κ3) is 12.6. The fourth-order valence-electron chi connectivity index (χ4n) is 4.18. The normalized spacial score (nSPS) is 17.8. The SMILES string of the molecule is CC[C@H](C[C@H](O)[C@@H](N)CN1CC(=O)N(c2ccccc2Cl)CC1(C)C)C(=O)NCC(C)(C)C.O=C(O)/C=C/C(=O)O. The molecule has 2 rings (SSSR count). The van der Waals surface area contributed by atoms with E-state index in [0.717, 1.165) is 0 Å². The molecule has 0 radical (unpaired) electrons. The summed E-state index contributed by atoms with van der Waals surface area (Å²) in [7, 11) is 0. The van der Waals surface area contributed by atoms with E-state index in [1.165, 1.54) is 0 Å². The second-order valence-electron chi connectivity index (χ2n) is 12.0. The van der Waals surface area contributed by atoms with Crippen molar-refractivity contribution in [3.8, 4) is 0 Å². The molecular formula is C29H45ClN4O7. The van der Waals surface area contributed by atoms with Gasteiger partial charge in [0, 0.05) is 49.3 Å². The Balaban J connectivity index is 0.000000915. The second kappa shape index (κ2) is 15.9. The van der Waals surface area contributed by atoms with Crippen molar-refractivity contribution in [1.82, 2.24) is 10.2 Å². The number of rotatable bonds is 11. The Hall–Kier alpha value is -2.99. The number of para-hydroxylation sites is 1. The number of aliphatic hydroxyl groups excluding tert-OH is 1. The summed E-state index contributed by atoms with van der Waals surface area (Å²) >= 11 is 6.32. The maximum absolute atomic E-state index is 12.9. The molecule has 3 atom stereocenters. The minimum absolute atomic E-state index is 0.00673. The Morgan fingerprint density at radius 2 is 1.71 bits per heavy atom. The first kappa shape index (κ1) is 36.0. The van der Waals surface area contributed by atoms with Crippen LogP contribution in [0.4, 0.5) is 5.69 Å². The largest absolute Gasteiger partial charge is 0.478 e. The summed E-state index contributed by atoms with van der Waals surface area (Å²) in [6.45, 7) is 13.8. The minimum Gasteiger partial charge on any atom is -0.478 e. The number of carbonyl (C=O) groups excluding carboxylic acids is 2. The molecule has 1 aliphatic heterocycles. The Labute approximate surface area is 247 Å². The topological polar surface area (TPSA) is 173 Å². The Morgan fingerprint density at radius 1 is 1.15 bits per heavy atom. The molecule has 1 aliphatic rings. The van der Waals surface area contributed by atoms with Crippen LogP contribution in [0, 0.1) is 11.3 Å². The lowest BCUT2D eigenvalue weighted by molar-refractivity contribution is -0.134. The first-order chi connectivity index (χ1) is 18.9. The predicted octanol–water partition coefficient (Wildman–Crippen LogP) is 2.75. The number of nitrogens with zero attached hydrogens (tertiary/aromatic N) is 2. The number of carboxylic acids is 2. The van der Waals surface area contributed by atoms with Gasteiger partial charge in [-0.3, -0.25) is 14.5 Å². The molecule has 2 amide bonds. The highest BCUT2D eigenvalue weighted by molar-refractivity contribution is 6.33. The van der Waals surface area contributed by atoms with E-state index in [-0.39, 0.29) is 35.2 Å². The lowest BCUT2D eigenvalue weighted by Gasteiger charge is -2.47. The van der Waals surface area contributed by atoms with Crippen molar-refractivity contribution in [2.45, 2.75) is 72.1 Å². The first-order valence-corrected chi connectivity index (χ1v) is 13.9. The average Bonchev–Trinajstić information content (AvgIpc) is 2.86. The van der Waals surface area contributed by atoms with Gasteiger partial charge in [0.15, 0.2) is 0 Å². The monoisotopic (exact) mass is 596 g/mol. The van der Waals surface area contributed by atoms with Gasteiger partial charge in [0.2, 0.25) is 11.8 Å². The van der Waals surface area contributed by atoms with Crippen molar-refractivity contribution < 1.29 is 34.5 Å². The molecule has 230 valence electrons. The van der Waals surface area contributed by atoms with Crippen molar-refractivity contribution in [3.63, 3.8) is 0 Å². The van der Waals surface area contributed by atoms with Crippen LogP contribution in [0.15, 0.2) is 36.4 Å². The highest BCUT2D eigenvalue weighted by atomic mass is 35.5. The fraction of sp³-hybridized carbons (Fsp3) is 0.586. The van der Waals surface area contributed by atoms with Crippen LogP contribution in [0.25, 0.3) is 0 Å². The maximum Gasteiger partial charge on any atom is 0.328 e. The zero-order valence-electron chi connectivity index (χ0n) is 24.8. The number of amides is 2. The van der Waals surface area contributed by atoms with Crippen LogP contribution in [0.2, 0.25) is 5.02 Å². The van der Waals surface area contributed by atoms with E-state index >= 15 is 0 Å². The molecule has 0 aromatic heterocycles. The molecule has 11 nitrogen and oxygen atoms in total. The molecule has 0 bridgehead atoms. The van der Waals surface area contributed by atoms with Crippen LogP contribution in [-0.2, 0) is 19.2 Å². The summed E-state index contributed by atoms with van der Waals surface area (Å²) in [6, 6.07) is 6.75. The highest BCUT2D eigenvalue weighted by Gasteiger charge is 2.40. The van der Waals surface area contributed by atoms with Crippen LogP contribution in [0.5, 0.6) is 0 Å². The molecule has 1 aromatic carbocycles. The predicted molar refractivity (Wildman–Crippen MR) is 159 cm³/mol. The number of carboxylic acid groups (broad SMARTS) is 2. The minimum atomic E-state index is -1.26. The molecule has 0 aliphatic carbocycles. The van der Waals surface area contributed by atoms with Gasteiger partial charge in [-0.25, -0.2) is 9.59 Å². The molecule has 12 heteroatoms. The Kier molecular flexibility index (Phi) is 13.9. The highest BCUT2D eigenvalue weighted by Crippen LogP contribution is 2.31. The molecule has 0 spiro atoms. The first-order valence-electron chi connectivity index (χ1n) is 13.5. The third-order valence-corrected chi connectivity index (χ3v) is 6.97. The number of nitrogens with two attached hydrogens (primary N) is 1. The quantitative estimate of drug-likeness (QED) is 0.241. The molecule has 0 unspecified atom stereocenters. The number of aliphatic carboxylic acids is 2. The van der Waals surface area contributed by atoms with Crippen molar-refractivity contribution in [2.75, 3.05) is 31.1 Å². The van der Waals surface area contributed by atoms with E-state index in [1.54, 1.807) is 11.0 Å². The van der Waals surface area contributed by atoms with Crippen LogP contribution in [-0.4, -0.2) is 87.8 Å². The number of halogens is 1. The van der Waals surface area contributed by atoms with Gasteiger partial charge in [-0.1, -0.05) is 51.4 Å². The summed E-state index contributed by atoms with van der Waals surface area (Å²) in [4.78, 5) is 48.3. The summed E-state index contributed by atoms with van der Waals surface area (Å²) in [6.07, 6.45) is 1.19. The molecular weight excluding hydrogens is 552 g/mol. The van der Waals surface area contributed by atoms with Gasteiger partial charge in [0.1, 0.15) is 0 Å². The molecule has 1 fully saturated rings. The summed E-state index contributed by atoms with van der Waals surface area (Å²) in [5.41, 5.74) is 6.69. The smallest absolute Gasteiger partial charge is 0.328 e. The van der Waals surface area contributed by atoms with Crippen LogP contribution in [0.1, 0.15) is 54.4 Å². The van der Waals surface area contributed by atoms with E-state index in [0.29, 0.717) is 55.3 Å². The maximum atomic E-state index is 12.9. The Bertz CT molecular complexity index is 1070. The number of carbonyl (C=O) groups is 4. The van der Waals surface area contributed by atoms with Gasteiger partial charge in [-0.05, 0) is 44.2 Å². The fourth-order valence-corrected chi connectivity index (χ4v) is 4.42. The number of hydrogen-bond acceptors (Lipinski definition) is 7. The lowest BCUT2D eigenvalue weighted by atomic mass is 9.91. The zero-order valence-corrected chi connectivity index (χ0v) is 25.5. The Morgan fingerprint density at radius 3 is 2.20 bits per heavy atom. The van der Waals surface area contributed by atoms with Crippen LogP contribution in [0.3, 0.4) is 0 Å². The standard InChI is InChI=1S/C25H41ClN4O3.C4H4O4/c1-7-17(23(33)28-15-24(2,3)4)12-21(31)19(27)13-29-14-22(32)30(16-25(29,5)6)20-11-9-8-10-18(20)26;5-3(6)1-2-4(7)8/h8-11,17,19,21,31H,7,12-16,27H2,1-6H3,(H,28,33);1-2H,(H,5,6)(H,7,8)/b;2-1+/t17-,19+,21+;/m1./s1. The summed E-state index contributed by atoms with van der Waals surface area (Å²) in [5.74, 6) is -2.93. The molecule has 1 saturated heterocycles. The zero-order chi connectivity index (χ0) is 31.5. The molecule has 1 aromatic rings. The number of piperazine rings is 1.